The topological polar surface area (TPSA) is 74.7 Å². The number of likely N-dealkylation sites (tertiary alicyclic amines) is 1. The van der Waals surface area contributed by atoms with Crippen molar-refractivity contribution in [2.24, 2.45) is 13.0 Å². The summed E-state index contributed by atoms with van der Waals surface area (Å²) >= 11 is 0. The fourth-order valence-corrected chi connectivity index (χ4v) is 5.65. The molecule has 0 spiro atoms. The molecule has 0 saturated carbocycles. The zero-order valence-electron chi connectivity index (χ0n) is 16.5. The standard InChI is InChI=1S/C19H32N4O3S/c1-16-7-5-9-22(14-16)10-6-8-20-19(24)18-13-17(15-21(18)2)27(25,26)23-11-3-4-12-23/h13,15-16H,3-12,14H2,1-2H3,(H,20,24). The summed E-state index contributed by atoms with van der Waals surface area (Å²) in [5.74, 6) is 0.542. The summed E-state index contributed by atoms with van der Waals surface area (Å²) in [7, 11) is -1.78. The minimum Gasteiger partial charge on any atom is -0.351 e. The van der Waals surface area contributed by atoms with Crippen molar-refractivity contribution >= 4 is 15.9 Å². The van der Waals surface area contributed by atoms with Crippen LogP contribution in [0.2, 0.25) is 0 Å². The van der Waals surface area contributed by atoms with Crippen molar-refractivity contribution in [2.45, 2.75) is 43.9 Å². The molecule has 0 aromatic carbocycles. The number of nitrogens with zero attached hydrogens (tertiary/aromatic N) is 3. The molecular formula is C19H32N4O3S. The molecule has 27 heavy (non-hydrogen) atoms. The fraction of sp³-hybridized carbons (Fsp3) is 0.737. The average molecular weight is 397 g/mol. The van der Waals surface area contributed by atoms with Crippen molar-refractivity contribution in [1.29, 1.82) is 0 Å². The monoisotopic (exact) mass is 396 g/mol. The maximum atomic E-state index is 12.7. The highest BCUT2D eigenvalue weighted by molar-refractivity contribution is 7.89. The third-order valence-electron chi connectivity index (χ3n) is 5.59. The molecule has 7 nitrogen and oxygen atoms in total. The molecule has 1 atom stereocenters. The van der Waals surface area contributed by atoms with Crippen molar-refractivity contribution in [3.05, 3.63) is 18.0 Å². The molecule has 1 amide bonds. The second-order valence-corrected chi connectivity index (χ2v) is 9.88. The Labute approximate surface area is 162 Å². The highest BCUT2D eigenvalue weighted by atomic mass is 32.2. The lowest BCUT2D eigenvalue weighted by Gasteiger charge is -2.30. The number of nitrogens with one attached hydrogen (secondary N) is 1. The third-order valence-corrected chi connectivity index (χ3v) is 7.46. The number of amides is 1. The first-order valence-electron chi connectivity index (χ1n) is 10.0. The van der Waals surface area contributed by atoms with Crippen LogP contribution in [0.25, 0.3) is 0 Å². The van der Waals surface area contributed by atoms with Crippen LogP contribution in [0.3, 0.4) is 0 Å². The van der Waals surface area contributed by atoms with E-state index in [2.05, 4.69) is 17.1 Å². The Morgan fingerprint density at radius 2 is 1.96 bits per heavy atom. The first kappa shape index (κ1) is 20.4. The Balaban J connectivity index is 1.52. The Morgan fingerprint density at radius 1 is 1.22 bits per heavy atom. The molecule has 3 rings (SSSR count). The van der Waals surface area contributed by atoms with Gasteiger partial charge in [0.1, 0.15) is 10.6 Å². The smallest absolute Gasteiger partial charge is 0.267 e. The van der Waals surface area contributed by atoms with Gasteiger partial charge in [0.2, 0.25) is 10.0 Å². The normalized spacial score (nSPS) is 22.2. The van der Waals surface area contributed by atoms with Crippen molar-refractivity contribution < 1.29 is 13.2 Å². The van der Waals surface area contributed by atoms with Gasteiger partial charge in [-0.3, -0.25) is 4.79 Å². The molecule has 2 fully saturated rings. The first-order valence-corrected chi connectivity index (χ1v) is 11.5. The largest absolute Gasteiger partial charge is 0.351 e. The minimum atomic E-state index is -3.49. The summed E-state index contributed by atoms with van der Waals surface area (Å²) in [4.78, 5) is 15.1. The molecule has 0 radical (unpaired) electrons. The first-order chi connectivity index (χ1) is 12.9. The van der Waals surface area contributed by atoms with Gasteiger partial charge < -0.3 is 14.8 Å². The second-order valence-electron chi connectivity index (χ2n) is 7.94. The Hall–Kier alpha value is -1.38. The molecule has 8 heteroatoms. The lowest BCUT2D eigenvalue weighted by molar-refractivity contribution is 0.0942. The summed E-state index contributed by atoms with van der Waals surface area (Å²) < 4.78 is 28.4. The molecule has 1 aromatic rings. The molecule has 0 aliphatic carbocycles. The van der Waals surface area contributed by atoms with Crippen LogP contribution < -0.4 is 5.32 Å². The van der Waals surface area contributed by atoms with Crippen LogP contribution in [0, 0.1) is 5.92 Å². The van der Waals surface area contributed by atoms with Crippen LogP contribution in [-0.4, -0.2) is 67.4 Å². The Bertz CT molecular complexity index is 753. The van der Waals surface area contributed by atoms with E-state index in [0.29, 0.717) is 25.3 Å². The number of carbonyl (C=O) groups excluding carboxylic acids is 1. The van der Waals surface area contributed by atoms with E-state index in [9.17, 15) is 13.2 Å². The molecule has 2 aliphatic heterocycles. The maximum Gasteiger partial charge on any atom is 0.267 e. The number of hydrogen-bond acceptors (Lipinski definition) is 4. The van der Waals surface area contributed by atoms with Crippen LogP contribution in [-0.2, 0) is 17.1 Å². The summed E-state index contributed by atoms with van der Waals surface area (Å²) in [6.45, 7) is 7.30. The van der Waals surface area contributed by atoms with E-state index < -0.39 is 10.0 Å². The number of hydrogen-bond donors (Lipinski definition) is 1. The van der Waals surface area contributed by atoms with E-state index in [1.54, 1.807) is 11.6 Å². The van der Waals surface area contributed by atoms with E-state index in [0.717, 1.165) is 44.8 Å². The van der Waals surface area contributed by atoms with Gasteiger partial charge in [-0.1, -0.05) is 6.92 Å². The zero-order chi connectivity index (χ0) is 19.4. The SMILES string of the molecule is CC1CCCN(CCCNC(=O)c2cc(S(=O)(=O)N3CCCC3)cn2C)C1. The summed E-state index contributed by atoms with van der Waals surface area (Å²) in [5, 5.41) is 2.93. The van der Waals surface area contributed by atoms with Crippen LogP contribution in [0.15, 0.2) is 17.2 Å². The van der Waals surface area contributed by atoms with E-state index in [1.807, 2.05) is 0 Å². The summed E-state index contributed by atoms with van der Waals surface area (Å²) in [6, 6.07) is 1.50. The molecule has 2 saturated heterocycles. The van der Waals surface area contributed by atoms with Gasteiger partial charge in [-0.25, -0.2) is 8.42 Å². The molecule has 0 bridgehead atoms. The van der Waals surface area contributed by atoms with E-state index in [4.69, 9.17) is 0 Å². The Morgan fingerprint density at radius 3 is 2.67 bits per heavy atom. The van der Waals surface area contributed by atoms with Crippen molar-refractivity contribution in [3.63, 3.8) is 0 Å². The number of piperidine rings is 1. The van der Waals surface area contributed by atoms with Crippen LogP contribution in [0.1, 0.15) is 49.5 Å². The van der Waals surface area contributed by atoms with Gasteiger partial charge in [-0.15, -0.1) is 0 Å². The second kappa shape index (κ2) is 8.75. The van der Waals surface area contributed by atoms with Gasteiger partial charge >= 0.3 is 0 Å². The highest BCUT2D eigenvalue weighted by Gasteiger charge is 2.29. The number of carbonyl (C=O) groups is 1. The van der Waals surface area contributed by atoms with Gasteiger partial charge in [0, 0.05) is 39.4 Å². The lowest BCUT2D eigenvalue weighted by Crippen LogP contribution is -2.36. The molecule has 3 heterocycles. The van der Waals surface area contributed by atoms with Crippen molar-refractivity contribution in [2.75, 3.05) is 39.3 Å². The van der Waals surface area contributed by atoms with E-state index in [1.165, 1.54) is 29.4 Å². The molecular weight excluding hydrogens is 364 g/mol. The molecule has 2 aliphatic rings. The van der Waals surface area contributed by atoms with Crippen molar-refractivity contribution in [1.82, 2.24) is 19.1 Å². The fourth-order valence-electron chi connectivity index (χ4n) is 4.06. The van der Waals surface area contributed by atoms with Crippen LogP contribution >= 0.6 is 0 Å². The van der Waals surface area contributed by atoms with Gasteiger partial charge in [-0.05, 0) is 57.2 Å². The van der Waals surface area contributed by atoms with E-state index in [-0.39, 0.29) is 10.8 Å². The van der Waals surface area contributed by atoms with Crippen molar-refractivity contribution in [3.8, 4) is 0 Å². The maximum absolute atomic E-state index is 12.7. The molecule has 1 unspecified atom stereocenters. The average Bonchev–Trinajstić information content (AvgIpc) is 3.29. The highest BCUT2D eigenvalue weighted by Crippen LogP contribution is 2.22. The van der Waals surface area contributed by atoms with Crippen LogP contribution in [0.5, 0.6) is 0 Å². The zero-order valence-corrected chi connectivity index (χ0v) is 17.3. The molecule has 152 valence electrons. The predicted molar refractivity (Wildman–Crippen MR) is 105 cm³/mol. The van der Waals surface area contributed by atoms with Gasteiger partial charge in [0.15, 0.2) is 0 Å². The van der Waals surface area contributed by atoms with Gasteiger partial charge in [-0.2, -0.15) is 4.31 Å². The predicted octanol–water partition coefficient (Wildman–Crippen LogP) is 1.66. The number of aromatic nitrogens is 1. The van der Waals surface area contributed by atoms with Gasteiger partial charge in [0.05, 0.1) is 0 Å². The lowest BCUT2D eigenvalue weighted by atomic mass is 10.0. The molecule has 1 aromatic heterocycles. The molecule has 1 N–H and O–H groups in total. The van der Waals surface area contributed by atoms with E-state index >= 15 is 0 Å². The van der Waals surface area contributed by atoms with Crippen LogP contribution in [0.4, 0.5) is 0 Å². The minimum absolute atomic E-state index is 0.208. The Kier molecular flexibility index (Phi) is 6.60. The van der Waals surface area contributed by atoms with Gasteiger partial charge in [0.25, 0.3) is 5.91 Å². The third kappa shape index (κ3) is 4.92. The quantitative estimate of drug-likeness (QED) is 0.712. The summed E-state index contributed by atoms with van der Waals surface area (Å²) in [6.07, 6.45) is 6.80. The number of sulfonamides is 1. The number of aryl methyl sites for hydroxylation is 1. The number of rotatable bonds is 7. The summed E-state index contributed by atoms with van der Waals surface area (Å²) in [5.41, 5.74) is 0.388.